The van der Waals surface area contributed by atoms with Gasteiger partial charge in [0.1, 0.15) is 11.6 Å². The van der Waals surface area contributed by atoms with E-state index in [4.69, 9.17) is 4.74 Å². The Morgan fingerprint density at radius 3 is 2.34 bits per heavy atom. The van der Waals surface area contributed by atoms with Gasteiger partial charge in [0.05, 0.1) is 6.61 Å². The third kappa shape index (κ3) is 5.08. The summed E-state index contributed by atoms with van der Waals surface area (Å²) in [5.41, 5.74) is 2.86. The lowest BCUT2D eigenvalue weighted by molar-refractivity contribution is 0.323. The minimum absolute atomic E-state index is 0.301. The smallest absolute Gasteiger partial charge is 0.162 e. The standard InChI is InChI=1S/C25H23F3O/c1-3-4-15-29-21-13-14-22(23(26)16-21)19-10-6-18(7-11-19)8-12-20-9-5-17(2)24(27)25(20)28/h3,5-7,9-11,13-14,16H,1,4,8,12,15H2,2H3. The van der Waals surface area contributed by atoms with Crippen LogP contribution in [0.4, 0.5) is 13.2 Å². The summed E-state index contributed by atoms with van der Waals surface area (Å²) in [4.78, 5) is 0. The maximum absolute atomic E-state index is 14.5. The molecule has 0 spiro atoms. The Morgan fingerprint density at radius 2 is 1.66 bits per heavy atom. The van der Waals surface area contributed by atoms with Gasteiger partial charge in [-0.15, -0.1) is 6.58 Å². The molecule has 0 fully saturated rings. The Hall–Kier alpha value is -3.01. The molecule has 4 heteroatoms. The van der Waals surface area contributed by atoms with Crippen LogP contribution < -0.4 is 4.74 Å². The second-order valence-electron chi connectivity index (χ2n) is 6.93. The fourth-order valence-corrected chi connectivity index (χ4v) is 3.09. The average molecular weight is 396 g/mol. The van der Waals surface area contributed by atoms with Crippen molar-refractivity contribution in [3.8, 4) is 16.9 Å². The molecule has 0 unspecified atom stereocenters. The van der Waals surface area contributed by atoms with Crippen LogP contribution in [-0.2, 0) is 12.8 Å². The molecule has 0 amide bonds. The van der Waals surface area contributed by atoms with Crippen molar-refractivity contribution >= 4 is 0 Å². The van der Waals surface area contributed by atoms with Gasteiger partial charge < -0.3 is 4.74 Å². The molecule has 0 aliphatic heterocycles. The molecule has 0 atom stereocenters. The van der Waals surface area contributed by atoms with E-state index in [9.17, 15) is 13.2 Å². The van der Waals surface area contributed by atoms with Gasteiger partial charge in [-0.2, -0.15) is 0 Å². The molecular formula is C25H23F3O. The number of hydrogen-bond acceptors (Lipinski definition) is 1. The monoisotopic (exact) mass is 396 g/mol. The van der Waals surface area contributed by atoms with Crippen LogP contribution in [0.5, 0.6) is 5.75 Å². The first-order valence-electron chi connectivity index (χ1n) is 9.55. The highest BCUT2D eigenvalue weighted by Crippen LogP contribution is 2.27. The van der Waals surface area contributed by atoms with Crippen molar-refractivity contribution in [2.24, 2.45) is 0 Å². The van der Waals surface area contributed by atoms with Crippen molar-refractivity contribution in [1.29, 1.82) is 0 Å². The second-order valence-corrected chi connectivity index (χ2v) is 6.93. The van der Waals surface area contributed by atoms with Gasteiger partial charge in [0.15, 0.2) is 11.6 Å². The lowest BCUT2D eigenvalue weighted by Crippen LogP contribution is -1.99. The van der Waals surface area contributed by atoms with Gasteiger partial charge in [-0.05, 0) is 60.6 Å². The fraction of sp³-hybridized carbons (Fsp3) is 0.200. The normalized spacial score (nSPS) is 10.8. The molecule has 0 radical (unpaired) electrons. The lowest BCUT2D eigenvalue weighted by Gasteiger charge is -2.09. The first-order chi connectivity index (χ1) is 14.0. The van der Waals surface area contributed by atoms with Gasteiger partial charge in [0, 0.05) is 11.6 Å². The Balaban J connectivity index is 1.67. The number of benzene rings is 3. The Morgan fingerprint density at radius 1 is 0.897 bits per heavy atom. The van der Waals surface area contributed by atoms with Crippen LogP contribution in [-0.4, -0.2) is 6.61 Å². The number of rotatable bonds is 8. The Bertz CT molecular complexity index is 994. The van der Waals surface area contributed by atoms with Gasteiger partial charge >= 0.3 is 0 Å². The number of aryl methyl sites for hydroxylation is 3. The SMILES string of the molecule is C=CCCOc1ccc(-c2ccc(CCc3ccc(C)c(F)c3F)cc2)c(F)c1. The molecule has 29 heavy (non-hydrogen) atoms. The first kappa shape index (κ1) is 20.7. The molecule has 0 aromatic heterocycles. The quantitative estimate of drug-likeness (QED) is 0.300. The molecule has 3 aromatic carbocycles. The van der Waals surface area contributed by atoms with E-state index in [0.29, 0.717) is 48.3 Å². The molecule has 0 saturated heterocycles. The topological polar surface area (TPSA) is 9.23 Å². The van der Waals surface area contributed by atoms with Crippen LogP contribution in [0.1, 0.15) is 23.1 Å². The third-order valence-corrected chi connectivity index (χ3v) is 4.83. The van der Waals surface area contributed by atoms with E-state index in [1.54, 1.807) is 37.3 Å². The minimum atomic E-state index is -0.787. The molecular weight excluding hydrogens is 373 g/mol. The molecule has 0 N–H and O–H groups in total. The van der Waals surface area contributed by atoms with Crippen molar-refractivity contribution in [1.82, 2.24) is 0 Å². The second kappa shape index (κ2) is 9.46. The summed E-state index contributed by atoms with van der Waals surface area (Å²) in [5.74, 6) is -1.44. The highest BCUT2D eigenvalue weighted by atomic mass is 19.2. The van der Waals surface area contributed by atoms with Gasteiger partial charge in [0.2, 0.25) is 0 Å². The first-order valence-corrected chi connectivity index (χ1v) is 9.55. The van der Waals surface area contributed by atoms with Crippen LogP contribution in [0.15, 0.2) is 67.3 Å². The zero-order chi connectivity index (χ0) is 20.8. The third-order valence-electron chi connectivity index (χ3n) is 4.83. The van der Waals surface area contributed by atoms with E-state index in [0.717, 1.165) is 11.1 Å². The summed E-state index contributed by atoms with van der Waals surface area (Å²) in [7, 11) is 0. The molecule has 0 heterocycles. The zero-order valence-corrected chi connectivity index (χ0v) is 16.4. The van der Waals surface area contributed by atoms with E-state index in [-0.39, 0.29) is 5.82 Å². The highest BCUT2D eigenvalue weighted by Gasteiger charge is 2.11. The number of halogens is 3. The Kier molecular flexibility index (Phi) is 6.76. The van der Waals surface area contributed by atoms with Crippen LogP contribution in [0.25, 0.3) is 11.1 Å². The van der Waals surface area contributed by atoms with Gasteiger partial charge in [0.25, 0.3) is 0 Å². The largest absolute Gasteiger partial charge is 0.493 e. The molecule has 3 aromatic rings. The van der Waals surface area contributed by atoms with E-state index in [1.165, 1.54) is 6.07 Å². The van der Waals surface area contributed by atoms with Gasteiger partial charge in [-0.1, -0.05) is 42.5 Å². The van der Waals surface area contributed by atoms with Crippen LogP contribution >= 0.6 is 0 Å². The number of ether oxygens (including phenoxy) is 1. The maximum Gasteiger partial charge on any atom is 0.162 e. The summed E-state index contributed by atoms with van der Waals surface area (Å²) in [5, 5.41) is 0. The van der Waals surface area contributed by atoms with Crippen LogP contribution in [0, 0.1) is 24.4 Å². The van der Waals surface area contributed by atoms with Crippen molar-refractivity contribution in [2.45, 2.75) is 26.2 Å². The van der Waals surface area contributed by atoms with E-state index in [1.807, 2.05) is 24.3 Å². The molecule has 0 aliphatic carbocycles. The van der Waals surface area contributed by atoms with Gasteiger partial charge in [-0.3, -0.25) is 0 Å². The van der Waals surface area contributed by atoms with Crippen molar-refractivity contribution < 1.29 is 17.9 Å². The summed E-state index contributed by atoms with van der Waals surface area (Å²) in [6.07, 6.45) is 3.41. The van der Waals surface area contributed by atoms with Crippen LogP contribution in [0.3, 0.4) is 0 Å². The van der Waals surface area contributed by atoms with Gasteiger partial charge in [-0.25, -0.2) is 13.2 Å². The van der Waals surface area contributed by atoms with E-state index in [2.05, 4.69) is 6.58 Å². The summed E-state index contributed by atoms with van der Waals surface area (Å²) >= 11 is 0. The van der Waals surface area contributed by atoms with E-state index < -0.39 is 11.6 Å². The number of hydrogen-bond donors (Lipinski definition) is 0. The Labute approximate surface area is 169 Å². The van der Waals surface area contributed by atoms with Crippen molar-refractivity contribution in [3.63, 3.8) is 0 Å². The summed E-state index contributed by atoms with van der Waals surface area (Å²) in [6, 6.07) is 15.4. The predicted molar refractivity (Wildman–Crippen MR) is 111 cm³/mol. The average Bonchev–Trinajstić information content (AvgIpc) is 2.72. The predicted octanol–water partition coefficient (Wildman–Crippen LogP) is 6.82. The zero-order valence-electron chi connectivity index (χ0n) is 16.4. The lowest BCUT2D eigenvalue weighted by atomic mass is 9.99. The molecule has 150 valence electrons. The van der Waals surface area contributed by atoms with Crippen molar-refractivity contribution in [3.05, 3.63) is 101 Å². The van der Waals surface area contributed by atoms with Crippen LogP contribution in [0.2, 0.25) is 0 Å². The summed E-state index contributed by atoms with van der Waals surface area (Å²) < 4.78 is 47.6. The molecule has 0 aliphatic rings. The fourth-order valence-electron chi connectivity index (χ4n) is 3.09. The molecule has 1 nitrogen and oxygen atoms in total. The highest BCUT2D eigenvalue weighted by molar-refractivity contribution is 5.65. The minimum Gasteiger partial charge on any atom is -0.493 e. The molecule has 0 saturated carbocycles. The maximum atomic E-state index is 14.5. The molecule has 3 rings (SSSR count). The van der Waals surface area contributed by atoms with E-state index >= 15 is 0 Å². The van der Waals surface area contributed by atoms with Crippen molar-refractivity contribution in [2.75, 3.05) is 6.61 Å². The summed E-state index contributed by atoms with van der Waals surface area (Å²) in [6.45, 7) is 5.63. The molecule has 0 bridgehead atoms.